The third-order valence-electron chi connectivity index (χ3n) is 6.59. The summed E-state index contributed by atoms with van der Waals surface area (Å²) >= 11 is 8.27. The minimum atomic E-state index is -1.51. The number of halogens is 1. The molecule has 20 heteroatoms. The van der Waals surface area contributed by atoms with E-state index in [1.807, 2.05) is 0 Å². The number of thiazole rings is 1. The molecular weight excluding hydrogens is 684 g/mol. The maximum atomic E-state index is 13.4. The molecule has 0 spiro atoms. The molecule has 2 N–H and O–H groups in total. The third kappa shape index (κ3) is 8.34. The molecule has 1 aromatic heterocycles. The number of nitro benzene ring substituents is 1. The lowest BCUT2D eigenvalue weighted by Crippen LogP contribution is -2.75. The maximum absolute atomic E-state index is 13.4. The molecule has 4 rings (SSSR count). The summed E-state index contributed by atoms with van der Waals surface area (Å²) < 4.78 is 16.1. The van der Waals surface area contributed by atoms with Crippen LogP contribution in [0.25, 0.3) is 0 Å². The maximum Gasteiger partial charge on any atom is 0.347 e. The van der Waals surface area contributed by atoms with Crippen LogP contribution in [0.4, 0.5) is 10.8 Å². The van der Waals surface area contributed by atoms with Crippen LogP contribution < -0.4 is 10.6 Å². The Morgan fingerprint density at radius 2 is 1.98 bits per heavy atom. The van der Waals surface area contributed by atoms with E-state index in [1.54, 1.807) is 20.8 Å². The van der Waals surface area contributed by atoms with Crippen LogP contribution in [-0.4, -0.2) is 99.3 Å². The molecule has 2 fully saturated rings. The number of benzene rings is 1. The fraction of sp³-hybridized carbons (Fsp3) is 0.444. The molecule has 2 saturated heterocycles. The number of methoxy groups -OCH3 is 1. The molecule has 3 heterocycles. The molecular formula is C27H29ClN6O11S2. The number of aromatic nitrogens is 1. The second-order valence-electron chi connectivity index (χ2n) is 11.0. The number of carbonyl (C=O) groups excluding carboxylic acids is 5. The van der Waals surface area contributed by atoms with Crippen molar-refractivity contribution >= 4 is 81.4 Å². The van der Waals surface area contributed by atoms with Crippen molar-refractivity contribution in [2.75, 3.05) is 31.3 Å². The van der Waals surface area contributed by atoms with Gasteiger partial charge >= 0.3 is 11.9 Å². The first-order chi connectivity index (χ1) is 22.2. The van der Waals surface area contributed by atoms with Crippen LogP contribution in [0.5, 0.6) is 0 Å². The highest BCUT2D eigenvalue weighted by Gasteiger charge is 2.58. The molecule has 2 aliphatic rings. The minimum absolute atomic E-state index is 0.0326. The van der Waals surface area contributed by atoms with Gasteiger partial charge in [0.2, 0.25) is 18.9 Å². The van der Waals surface area contributed by atoms with Gasteiger partial charge in [-0.05, 0) is 38.5 Å². The number of esters is 2. The Balaban J connectivity index is 1.43. The summed E-state index contributed by atoms with van der Waals surface area (Å²) in [4.78, 5) is 83.5. The van der Waals surface area contributed by atoms with Crippen LogP contribution >= 0.6 is 34.7 Å². The van der Waals surface area contributed by atoms with Crippen molar-refractivity contribution in [1.82, 2.24) is 15.2 Å². The molecule has 0 saturated carbocycles. The Labute approximate surface area is 280 Å². The molecule has 2 aliphatic heterocycles. The molecule has 17 nitrogen and oxygen atoms in total. The van der Waals surface area contributed by atoms with Gasteiger partial charge in [-0.3, -0.25) is 24.5 Å². The summed E-state index contributed by atoms with van der Waals surface area (Å²) in [6.45, 7) is 3.99. The van der Waals surface area contributed by atoms with Crippen molar-refractivity contribution < 1.29 is 47.9 Å². The average Bonchev–Trinajstić information content (AvgIpc) is 3.38. The molecule has 0 radical (unpaired) electrons. The van der Waals surface area contributed by atoms with Gasteiger partial charge in [-0.25, -0.2) is 14.6 Å². The molecule has 1 aromatic carbocycles. The number of rotatable bonds is 13. The number of ether oxygens (including phenoxy) is 3. The number of nitro groups is 1. The number of non-ortho nitro benzene ring substituents is 1. The van der Waals surface area contributed by atoms with Crippen LogP contribution in [0.15, 0.2) is 29.4 Å². The number of carbonyl (C=O) groups is 5. The molecule has 2 unspecified atom stereocenters. The van der Waals surface area contributed by atoms with E-state index in [0.717, 1.165) is 11.3 Å². The van der Waals surface area contributed by atoms with Gasteiger partial charge in [-0.15, -0.1) is 11.8 Å². The zero-order chi connectivity index (χ0) is 34.5. The van der Waals surface area contributed by atoms with Crippen molar-refractivity contribution in [2.24, 2.45) is 5.16 Å². The lowest BCUT2D eigenvalue weighted by Gasteiger charge is -2.53. The summed E-state index contributed by atoms with van der Waals surface area (Å²) in [5.74, 6) is -2.86. The Hall–Kier alpha value is -4.33. The van der Waals surface area contributed by atoms with Crippen molar-refractivity contribution in [1.29, 1.82) is 0 Å². The fourth-order valence-corrected chi connectivity index (χ4v) is 6.86. The zero-order valence-electron chi connectivity index (χ0n) is 25.3. The topological polar surface area (TPSA) is 218 Å². The van der Waals surface area contributed by atoms with Gasteiger partial charge in [0.25, 0.3) is 11.6 Å². The fourth-order valence-electron chi connectivity index (χ4n) is 4.36. The van der Waals surface area contributed by atoms with E-state index in [0.29, 0.717) is 12.0 Å². The summed E-state index contributed by atoms with van der Waals surface area (Å²) in [7, 11) is 1.31. The van der Waals surface area contributed by atoms with E-state index in [2.05, 4.69) is 20.8 Å². The number of fused-ring (bicyclic) bond motifs is 1. The van der Waals surface area contributed by atoms with Gasteiger partial charge in [0.15, 0.2) is 16.4 Å². The third-order valence-corrected chi connectivity index (χ3v) is 9.27. The lowest BCUT2D eigenvalue weighted by atomic mass is 9.99. The number of anilines is 1. The highest BCUT2D eigenvalue weighted by Crippen LogP contribution is 2.40. The average molecular weight is 713 g/mol. The number of thioether (sulfide) groups is 1. The van der Waals surface area contributed by atoms with E-state index in [9.17, 15) is 34.1 Å². The second-order valence-corrected chi connectivity index (χ2v) is 13.7. The summed E-state index contributed by atoms with van der Waals surface area (Å²) in [5, 5.41) is 19.0. The van der Waals surface area contributed by atoms with E-state index in [1.165, 1.54) is 48.0 Å². The van der Waals surface area contributed by atoms with E-state index >= 15 is 0 Å². The molecule has 252 valence electrons. The SMILES string of the molecule is COC1(C(=O)OCc2ccc([N+](=O)[O-])cc2)CS[C@@H]2C(NC(=O)C(=NOCC(=O)OC(C)(C)C)c3nc(NC=O)sc3Cl)C(=O)N2C1. The van der Waals surface area contributed by atoms with Gasteiger partial charge < -0.3 is 34.6 Å². The summed E-state index contributed by atoms with van der Waals surface area (Å²) in [5.41, 5.74) is -2.54. The highest BCUT2D eigenvalue weighted by molar-refractivity contribution is 8.00. The van der Waals surface area contributed by atoms with E-state index < -0.39 is 63.6 Å². The van der Waals surface area contributed by atoms with Gasteiger partial charge in [0.1, 0.15) is 33.7 Å². The van der Waals surface area contributed by atoms with Crippen molar-refractivity contribution in [2.45, 2.75) is 50.0 Å². The van der Waals surface area contributed by atoms with E-state index in [4.69, 9.17) is 30.6 Å². The largest absolute Gasteiger partial charge is 0.459 e. The quantitative estimate of drug-likeness (QED) is 0.0758. The molecule has 47 heavy (non-hydrogen) atoms. The number of amides is 3. The smallest absolute Gasteiger partial charge is 0.347 e. The van der Waals surface area contributed by atoms with Crippen LogP contribution in [0.1, 0.15) is 32.0 Å². The summed E-state index contributed by atoms with van der Waals surface area (Å²) in [6, 6.07) is 4.45. The zero-order valence-corrected chi connectivity index (χ0v) is 27.7. The van der Waals surface area contributed by atoms with Crippen molar-refractivity contribution in [3.05, 3.63) is 50.0 Å². The van der Waals surface area contributed by atoms with Crippen molar-refractivity contribution in [3.63, 3.8) is 0 Å². The van der Waals surface area contributed by atoms with Gasteiger partial charge in [0, 0.05) is 25.0 Å². The van der Waals surface area contributed by atoms with Crippen molar-refractivity contribution in [3.8, 4) is 0 Å². The molecule has 0 bridgehead atoms. The van der Waals surface area contributed by atoms with Gasteiger partial charge in [0.05, 0.1) is 11.5 Å². The number of hydrogen-bond donors (Lipinski definition) is 2. The first-order valence-electron chi connectivity index (χ1n) is 13.7. The molecule has 2 aromatic rings. The van der Waals surface area contributed by atoms with Crippen LogP contribution in [-0.2, 0) is 49.6 Å². The normalized spacial score (nSPS) is 20.7. The number of hydrogen-bond acceptors (Lipinski definition) is 15. The Morgan fingerprint density at radius 1 is 1.28 bits per heavy atom. The second kappa shape index (κ2) is 14.6. The molecule has 3 atom stereocenters. The summed E-state index contributed by atoms with van der Waals surface area (Å²) in [6.07, 6.45) is 0.363. The molecule has 0 aliphatic carbocycles. The highest BCUT2D eigenvalue weighted by atomic mass is 35.5. The minimum Gasteiger partial charge on any atom is -0.459 e. The number of nitrogens with one attached hydrogen (secondary N) is 2. The van der Waals surface area contributed by atoms with Gasteiger partial charge in [-0.2, -0.15) is 0 Å². The standard InChI is InChI=1S/C27H29ClN6O11S2/c1-26(2,3)45-16(36)10-44-32-18(17-20(28)47-25(31-17)29-13-35)21(37)30-19-22(38)33-11-27(42-4,12-46-23(19)33)24(39)43-9-14-5-7-15(8-6-14)34(40)41/h5-8,13,19,23H,9-12H2,1-4H3,(H,30,37)(H,29,31,35)/t19?,23-,27?/m1/s1. The predicted octanol–water partition coefficient (Wildman–Crippen LogP) is 1.86. The predicted molar refractivity (Wildman–Crippen MR) is 168 cm³/mol. The van der Waals surface area contributed by atoms with Crippen LogP contribution in [0.3, 0.4) is 0 Å². The molecule has 3 amide bonds. The van der Waals surface area contributed by atoms with Crippen LogP contribution in [0, 0.1) is 10.1 Å². The Kier molecular flexibility index (Phi) is 11.0. The Morgan fingerprint density at radius 3 is 2.60 bits per heavy atom. The monoisotopic (exact) mass is 712 g/mol. The number of nitrogens with zero attached hydrogens (tertiary/aromatic N) is 4. The number of oxime groups is 1. The first kappa shape index (κ1) is 35.5. The lowest BCUT2D eigenvalue weighted by molar-refractivity contribution is -0.384. The van der Waals surface area contributed by atoms with Crippen LogP contribution in [0.2, 0.25) is 4.34 Å². The number of β-lactam (4-membered cyclic amide) rings is 1. The van der Waals surface area contributed by atoms with Gasteiger partial charge in [-0.1, -0.05) is 28.1 Å². The first-order valence-corrected chi connectivity index (χ1v) is 15.9. The Bertz CT molecular complexity index is 1600. The van der Waals surface area contributed by atoms with E-state index in [-0.39, 0.29) is 39.8 Å².